The Bertz CT molecular complexity index is 1120. The molecule has 2 heterocycles. The van der Waals surface area contributed by atoms with Crippen molar-refractivity contribution >= 4 is 28.4 Å². The Hall–Kier alpha value is -3.52. The van der Waals surface area contributed by atoms with Gasteiger partial charge >= 0.3 is 0 Å². The van der Waals surface area contributed by atoms with Crippen molar-refractivity contribution in [3.05, 3.63) is 70.3 Å². The fraction of sp³-hybridized carbons (Fsp3) is 0.238. The van der Waals surface area contributed by atoms with E-state index in [2.05, 4.69) is 20.6 Å². The van der Waals surface area contributed by atoms with E-state index in [1.807, 2.05) is 6.07 Å². The van der Waals surface area contributed by atoms with Crippen LogP contribution in [0.3, 0.4) is 0 Å². The first-order valence-corrected chi connectivity index (χ1v) is 9.35. The summed E-state index contributed by atoms with van der Waals surface area (Å²) in [6, 6.07) is 14.1. The fourth-order valence-corrected chi connectivity index (χ4v) is 3.20. The number of para-hydroxylation sites is 1. The molecule has 0 saturated carbocycles. The smallest absolute Gasteiger partial charge is 0.287 e. The monoisotopic (exact) mass is 392 g/mol. The molecule has 3 N–H and O–H groups in total. The molecule has 3 aromatic rings. The van der Waals surface area contributed by atoms with Crippen LogP contribution in [0.25, 0.3) is 10.9 Å². The maximum atomic E-state index is 12.4. The summed E-state index contributed by atoms with van der Waals surface area (Å²) >= 11 is 0. The normalized spacial score (nSPS) is 15.9. The van der Waals surface area contributed by atoms with Gasteiger partial charge in [0.05, 0.1) is 23.4 Å². The van der Waals surface area contributed by atoms with Crippen molar-refractivity contribution in [2.45, 2.75) is 13.0 Å². The highest BCUT2D eigenvalue weighted by Gasteiger charge is 2.23. The maximum absolute atomic E-state index is 12.4. The Balaban J connectivity index is 1.42. The van der Waals surface area contributed by atoms with Crippen LogP contribution in [0, 0.1) is 5.92 Å². The summed E-state index contributed by atoms with van der Waals surface area (Å²) in [5, 5.41) is 6.05. The number of hydrogen-bond donors (Lipinski definition) is 3. The lowest BCUT2D eigenvalue weighted by molar-refractivity contribution is -0.119. The van der Waals surface area contributed by atoms with Crippen molar-refractivity contribution < 1.29 is 14.3 Å². The lowest BCUT2D eigenvalue weighted by Gasteiger charge is -2.11. The lowest BCUT2D eigenvalue weighted by Crippen LogP contribution is -2.27. The van der Waals surface area contributed by atoms with E-state index >= 15 is 0 Å². The number of rotatable bonds is 5. The zero-order chi connectivity index (χ0) is 20.2. The third-order valence-electron chi connectivity index (χ3n) is 4.78. The largest absolute Gasteiger partial charge is 0.381 e. The molecule has 1 atom stereocenters. The molecule has 0 spiro atoms. The van der Waals surface area contributed by atoms with Crippen LogP contribution in [0.15, 0.2) is 53.3 Å². The number of aromatic amines is 1. The van der Waals surface area contributed by atoms with Crippen molar-refractivity contribution in [3.63, 3.8) is 0 Å². The molecule has 1 aliphatic heterocycles. The highest BCUT2D eigenvalue weighted by Crippen LogP contribution is 2.17. The van der Waals surface area contributed by atoms with Crippen LogP contribution in [0.2, 0.25) is 0 Å². The molecule has 2 amide bonds. The number of ether oxygens (including phenoxy) is 1. The number of carbonyl (C=O) groups excluding carboxylic acids is 2. The maximum Gasteiger partial charge on any atom is 0.287 e. The molecule has 8 nitrogen and oxygen atoms in total. The Kier molecular flexibility index (Phi) is 5.35. The molecule has 1 saturated heterocycles. The SMILES string of the molecule is O=C(NCc1cccc(NC(=O)C2CCOC2)c1)c1nc2ccccc2c(=O)[nH]1. The Morgan fingerprint density at radius 2 is 2.03 bits per heavy atom. The van der Waals surface area contributed by atoms with Crippen LogP contribution in [0.5, 0.6) is 0 Å². The molecule has 1 aromatic heterocycles. The van der Waals surface area contributed by atoms with Crippen LogP contribution >= 0.6 is 0 Å². The molecule has 0 bridgehead atoms. The third-order valence-corrected chi connectivity index (χ3v) is 4.78. The second kappa shape index (κ2) is 8.24. The van der Waals surface area contributed by atoms with Gasteiger partial charge in [-0.3, -0.25) is 14.4 Å². The number of fused-ring (bicyclic) bond motifs is 1. The predicted molar refractivity (Wildman–Crippen MR) is 108 cm³/mol. The van der Waals surface area contributed by atoms with Crippen LogP contribution < -0.4 is 16.2 Å². The standard InChI is InChI=1S/C21H20N4O4/c26-19(14-8-9-29-12-14)23-15-5-3-4-13(10-15)11-22-21(28)18-24-17-7-2-1-6-16(17)20(27)25-18/h1-7,10,14H,8-9,11-12H2,(H,22,28)(H,23,26)(H,24,25,27). The van der Waals surface area contributed by atoms with Gasteiger partial charge in [-0.25, -0.2) is 4.98 Å². The zero-order valence-electron chi connectivity index (χ0n) is 15.6. The molecule has 0 aliphatic carbocycles. The minimum absolute atomic E-state index is 0.0422. The van der Waals surface area contributed by atoms with Gasteiger partial charge in [-0.05, 0) is 36.2 Å². The number of nitrogens with one attached hydrogen (secondary N) is 3. The van der Waals surface area contributed by atoms with Gasteiger partial charge < -0.3 is 20.4 Å². The van der Waals surface area contributed by atoms with Gasteiger partial charge in [0, 0.05) is 18.8 Å². The molecule has 4 rings (SSSR count). The quantitative estimate of drug-likeness (QED) is 0.613. The van der Waals surface area contributed by atoms with Crippen molar-refractivity contribution in [3.8, 4) is 0 Å². The van der Waals surface area contributed by atoms with E-state index in [0.29, 0.717) is 29.8 Å². The van der Waals surface area contributed by atoms with Gasteiger partial charge in [0.1, 0.15) is 0 Å². The molecule has 8 heteroatoms. The summed E-state index contributed by atoms with van der Waals surface area (Å²) in [5.74, 6) is -0.722. The average molecular weight is 392 g/mol. The molecule has 1 unspecified atom stereocenters. The van der Waals surface area contributed by atoms with Crippen LogP contribution in [-0.4, -0.2) is 35.0 Å². The van der Waals surface area contributed by atoms with E-state index in [-0.39, 0.29) is 29.8 Å². The zero-order valence-corrected chi connectivity index (χ0v) is 15.6. The summed E-state index contributed by atoms with van der Waals surface area (Å²) in [4.78, 5) is 43.5. The van der Waals surface area contributed by atoms with Crippen LogP contribution in [-0.2, 0) is 16.1 Å². The summed E-state index contributed by atoms with van der Waals surface area (Å²) < 4.78 is 5.24. The number of amides is 2. The van der Waals surface area contributed by atoms with Gasteiger partial charge in [0.2, 0.25) is 5.91 Å². The minimum atomic E-state index is -0.481. The highest BCUT2D eigenvalue weighted by molar-refractivity contribution is 5.93. The van der Waals surface area contributed by atoms with E-state index in [9.17, 15) is 14.4 Å². The van der Waals surface area contributed by atoms with Gasteiger partial charge in [-0.2, -0.15) is 0 Å². The van der Waals surface area contributed by atoms with E-state index < -0.39 is 5.91 Å². The Morgan fingerprint density at radius 1 is 1.17 bits per heavy atom. The van der Waals surface area contributed by atoms with Gasteiger partial charge in [0.25, 0.3) is 11.5 Å². The Morgan fingerprint density at radius 3 is 2.86 bits per heavy atom. The number of benzene rings is 2. The molecule has 1 fully saturated rings. The molecule has 2 aromatic carbocycles. The highest BCUT2D eigenvalue weighted by atomic mass is 16.5. The molecule has 29 heavy (non-hydrogen) atoms. The predicted octanol–water partition coefficient (Wildman–Crippen LogP) is 1.83. The summed E-state index contributed by atoms with van der Waals surface area (Å²) in [5.41, 5.74) is 1.57. The van der Waals surface area contributed by atoms with E-state index in [1.165, 1.54) is 0 Å². The van der Waals surface area contributed by atoms with Crippen LogP contribution in [0.1, 0.15) is 22.6 Å². The lowest BCUT2D eigenvalue weighted by atomic mass is 10.1. The van der Waals surface area contributed by atoms with E-state index in [1.54, 1.807) is 42.5 Å². The topological polar surface area (TPSA) is 113 Å². The molecular weight excluding hydrogens is 372 g/mol. The Labute approximate surface area is 166 Å². The first-order chi connectivity index (χ1) is 14.1. The first kappa shape index (κ1) is 18.8. The fourth-order valence-electron chi connectivity index (χ4n) is 3.20. The van der Waals surface area contributed by atoms with Crippen molar-refractivity contribution in [1.29, 1.82) is 0 Å². The molecule has 1 aliphatic rings. The third kappa shape index (κ3) is 4.33. The molecular formula is C21H20N4O4. The number of anilines is 1. The number of nitrogens with zero attached hydrogens (tertiary/aromatic N) is 1. The van der Waals surface area contributed by atoms with E-state index in [4.69, 9.17) is 4.74 Å². The summed E-state index contributed by atoms with van der Waals surface area (Å²) in [7, 11) is 0. The van der Waals surface area contributed by atoms with Crippen molar-refractivity contribution in [2.24, 2.45) is 5.92 Å². The summed E-state index contributed by atoms with van der Waals surface area (Å²) in [6.07, 6.45) is 0.721. The van der Waals surface area contributed by atoms with E-state index in [0.717, 1.165) is 12.0 Å². The summed E-state index contributed by atoms with van der Waals surface area (Å²) in [6.45, 7) is 1.28. The number of aromatic nitrogens is 2. The van der Waals surface area contributed by atoms with Crippen molar-refractivity contribution in [1.82, 2.24) is 15.3 Å². The second-order valence-corrected chi connectivity index (χ2v) is 6.86. The minimum Gasteiger partial charge on any atom is -0.381 e. The van der Waals surface area contributed by atoms with Crippen LogP contribution in [0.4, 0.5) is 5.69 Å². The van der Waals surface area contributed by atoms with Gasteiger partial charge in [0.15, 0.2) is 5.82 Å². The van der Waals surface area contributed by atoms with Gasteiger partial charge in [-0.15, -0.1) is 0 Å². The number of H-pyrrole nitrogens is 1. The van der Waals surface area contributed by atoms with Gasteiger partial charge in [-0.1, -0.05) is 24.3 Å². The second-order valence-electron chi connectivity index (χ2n) is 6.86. The number of carbonyl (C=O) groups is 2. The number of hydrogen-bond acceptors (Lipinski definition) is 5. The first-order valence-electron chi connectivity index (χ1n) is 9.35. The average Bonchev–Trinajstić information content (AvgIpc) is 3.27. The van der Waals surface area contributed by atoms with Crippen molar-refractivity contribution in [2.75, 3.05) is 18.5 Å². The molecule has 0 radical (unpaired) electrons. The molecule has 148 valence electrons.